The maximum Gasteiger partial charge on any atom is 0.220 e. The third-order valence-corrected chi connectivity index (χ3v) is 4.14. The van der Waals surface area contributed by atoms with Gasteiger partial charge >= 0.3 is 0 Å². The van der Waals surface area contributed by atoms with Crippen LogP contribution in [-0.4, -0.2) is 22.2 Å². The molecule has 1 unspecified atom stereocenters. The Morgan fingerprint density at radius 3 is 3.11 bits per heavy atom. The third kappa shape index (κ3) is 3.23. The molecule has 1 aliphatic rings. The summed E-state index contributed by atoms with van der Waals surface area (Å²) in [5, 5.41) is 11.5. The lowest BCUT2D eigenvalue weighted by atomic mass is 10.1. The zero-order valence-corrected chi connectivity index (χ0v) is 11.5. The molecule has 5 heteroatoms. The zero-order valence-electron chi connectivity index (χ0n) is 10.7. The zero-order chi connectivity index (χ0) is 13.1. The summed E-state index contributed by atoms with van der Waals surface area (Å²) < 4.78 is 1.90. The number of amides is 1. The highest BCUT2D eigenvalue weighted by atomic mass is 32.1. The number of carbonyl (C=O) groups excluding carboxylic acids is 1. The molecule has 1 amide bonds. The van der Waals surface area contributed by atoms with E-state index in [0.717, 1.165) is 0 Å². The lowest BCUT2D eigenvalue weighted by Gasteiger charge is -2.17. The molecule has 4 nitrogen and oxygen atoms in total. The van der Waals surface area contributed by atoms with Gasteiger partial charge in [0.25, 0.3) is 0 Å². The fraction of sp³-hybridized carbons (Fsp3) is 0.429. The summed E-state index contributed by atoms with van der Waals surface area (Å²) in [6, 6.07) is 4.08. The van der Waals surface area contributed by atoms with Crippen LogP contribution in [0.15, 0.2) is 35.3 Å². The van der Waals surface area contributed by atoms with Crippen molar-refractivity contribution in [1.82, 2.24) is 15.1 Å². The number of hydrogen-bond acceptors (Lipinski definition) is 3. The molecule has 0 saturated heterocycles. The maximum atomic E-state index is 11.8. The smallest absolute Gasteiger partial charge is 0.220 e. The van der Waals surface area contributed by atoms with Gasteiger partial charge in [0, 0.05) is 25.4 Å². The molecule has 2 aromatic rings. The van der Waals surface area contributed by atoms with Gasteiger partial charge in [0.05, 0.1) is 6.04 Å². The molecular formula is C14H17N3OS. The topological polar surface area (TPSA) is 46.9 Å². The van der Waals surface area contributed by atoms with Gasteiger partial charge in [0.2, 0.25) is 5.91 Å². The van der Waals surface area contributed by atoms with Crippen LogP contribution in [0, 0.1) is 5.92 Å². The van der Waals surface area contributed by atoms with Gasteiger partial charge in [-0.2, -0.15) is 16.4 Å². The van der Waals surface area contributed by atoms with E-state index in [1.807, 2.05) is 16.9 Å². The molecule has 1 fully saturated rings. The Morgan fingerprint density at radius 1 is 1.58 bits per heavy atom. The number of nitrogens with one attached hydrogen (secondary N) is 1. The summed E-state index contributed by atoms with van der Waals surface area (Å²) in [6.07, 6.45) is 6.80. The summed E-state index contributed by atoms with van der Waals surface area (Å²) in [7, 11) is 0. The van der Waals surface area contributed by atoms with Gasteiger partial charge in [-0.25, -0.2) is 0 Å². The van der Waals surface area contributed by atoms with Crippen LogP contribution in [0.1, 0.15) is 30.9 Å². The van der Waals surface area contributed by atoms with Crippen LogP contribution in [0.3, 0.4) is 0 Å². The molecule has 1 aliphatic carbocycles. The van der Waals surface area contributed by atoms with E-state index in [4.69, 9.17) is 0 Å². The molecule has 0 aliphatic heterocycles. The minimum Gasteiger partial charge on any atom is -0.354 e. The quantitative estimate of drug-likeness (QED) is 0.880. The van der Waals surface area contributed by atoms with Crippen LogP contribution in [0.2, 0.25) is 0 Å². The van der Waals surface area contributed by atoms with Crippen molar-refractivity contribution in [3.63, 3.8) is 0 Å². The molecule has 1 N–H and O–H groups in total. The van der Waals surface area contributed by atoms with E-state index in [9.17, 15) is 4.79 Å². The SMILES string of the molecule is O=C(CC1CC1)NCC(c1ccsc1)n1cccn1. The van der Waals surface area contributed by atoms with E-state index in [0.29, 0.717) is 18.9 Å². The van der Waals surface area contributed by atoms with Gasteiger partial charge in [-0.3, -0.25) is 9.48 Å². The molecule has 100 valence electrons. The molecule has 1 atom stereocenters. The van der Waals surface area contributed by atoms with Gasteiger partial charge in [0.1, 0.15) is 0 Å². The van der Waals surface area contributed by atoms with Crippen molar-refractivity contribution in [3.8, 4) is 0 Å². The molecule has 3 rings (SSSR count). The average molecular weight is 275 g/mol. The van der Waals surface area contributed by atoms with Crippen molar-refractivity contribution in [3.05, 3.63) is 40.8 Å². The van der Waals surface area contributed by atoms with Crippen molar-refractivity contribution in [2.75, 3.05) is 6.54 Å². The molecule has 0 spiro atoms. The second-order valence-electron chi connectivity index (χ2n) is 5.01. The normalized spacial score (nSPS) is 16.2. The number of carbonyl (C=O) groups is 1. The molecule has 0 radical (unpaired) electrons. The van der Waals surface area contributed by atoms with Gasteiger partial charge in [0.15, 0.2) is 0 Å². The molecule has 0 bridgehead atoms. The summed E-state index contributed by atoms with van der Waals surface area (Å²) in [5.41, 5.74) is 1.19. The molecule has 2 heterocycles. The monoisotopic (exact) mass is 275 g/mol. The van der Waals surface area contributed by atoms with E-state index in [-0.39, 0.29) is 11.9 Å². The van der Waals surface area contributed by atoms with Crippen molar-refractivity contribution in [1.29, 1.82) is 0 Å². The highest BCUT2D eigenvalue weighted by Gasteiger charge is 2.25. The lowest BCUT2D eigenvalue weighted by molar-refractivity contribution is -0.121. The Hall–Kier alpha value is -1.62. The van der Waals surface area contributed by atoms with E-state index < -0.39 is 0 Å². The van der Waals surface area contributed by atoms with Crippen LogP contribution < -0.4 is 5.32 Å². The second kappa shape index (κ2) is 5.57. The molecule has 0 aromatic carbocycles. The van der Waals surface area contributed by atoms with E-state index in [1.54, 1.807) is 17.5 Å². The van der Waals surface area contributed by atoms with Crippen molar-refractivity contribution in [2.45, 2.75) is 25.3 Å². The standard InChI is InChI=1S/C14H17N3OS/c18-14(8-11-2-3-11)15-9-13(12-4-7-19-10-12)17-6-1-5-16-17/h1,4-7,10-11,13H,2-3,8-9H2,(H,15,18). The van der Waals surface area contributed by atoms with E-state index in [1.165, 1.54) is 18.4 Å². The van der Waals surface area contributed by atoms with Gasteiger partial charge < -0.3 is 5.32 Å². The minimum absolute atomic E-state index is 0.0874. The van der Waals surface area contributed by atoms with Crippen LogP contribution in [0.5, 0.6) is 0 Å². The van der Waals surface area contributed by atoms with Gasteiger partial charge in [-0.05, 0) is 47.2 Å². The predicted molar refractivity (Wildman–Crippen MR) is 75.0 cm³/mol. The highest BCUT2D eigenvalue weighted by molar-refractivity contribution is 7.07. The van der Waals surface area contributed by atoms with Gasteiger partial charge in [-0.15, -0.1) is 0 Å². The Balaban J connectivity index is 1.64. The summed E-state index contributed by atoms with van der Waals surface area (Å²) in [5.74, 6) is 0.791. The Labute approximate surface area is 116 Å². The fourth-order valence-corrected chi connectivity index (χ4v) is 2.87. The lowest BCUT2D eigenvalue weighted by Crippen LogP contribution is -2.31. The predicted octanol–water partition coefficient (Wildman–Crippen LogP) is 2.45. The average Bonchev–Trinajstić information content (AvgIpc) is 2.89. The van der Waals surface area contributed by atoms with Crippen LogP contribution in [0.25, 0.3) is 0 Å². The number of aromatic nitrogens is 2. The van der Waals surface area contributed by atoms with Crippen LogP contribution in [-0.2, 0) is 4.79 Å². The first-order valence-corrected chi connectivity index (χ1v) is 7.55. The number of thiophene rings is 1. The third-order valence-electron chi connectivity index (χ3n) is 3.44. The first-order chi connectivity index (χ1) is 9.33. The second-order valence-corrected chi connectivity index (χ2v) is 5.79. The number of rotatable bonds is 6. The van der Waals surface area contributed by atoms with Crippen LogP contribution in [0.4, 0.5) is 0 Å². The van der Waals surface area contributed by atoms with Crippen LogP contribution >= 0.6 is 11.3 Å². The number of nitrogens with zero attached hydrogens (tertiary/aromatic N) is 2. The van der Waals surface area contributed by atoms with E-state index >= 15 is 0 Å². The highest BCUT2D eigenvalue weighted by Crippen LogP contribution is 2.32. The van der Waals surface area contributed by atoms with Crippen molar-refractivity contribution < 1.29 is 4.79 Å². The Kier molecular flexibility index (Phi) is 3.64. The Morgan fingerprint density at radius 2 is 2.47 bits per heavy atom. The van der Waals surface area contributed by atoms with E-state index in [2.05, 4.69) is 27.2 Å². The molecule has 19 heavy (non-hydrogen) atoms. The minimum atomic E-state index is 0.0874. The van der Waals surface area contributed by atoms with Crippen molar-refractivity contribution >= 4 is 17.2 Å². The maximum absolute atomic E-state index is 11.8. The largest absolute Gasteiger partial charge is 0.354 e. The first-order valence-electron chi connectivity index (χ1n) is 6.61. The molecule has 2 aromatic heterocycles. The number of hydrogen-bond donors (Lipinski definition) is 1. The summed E-state index contributed by atoms with van der Waals surface area (Å²) >= 11 is 1.67. The molecule has 1 saturated carbocycles. The van der Waals surface area contributed by atoms with Crippen molar-refractivity contribution in [2.24, 2.45) is 5.92 Å². The van der Waals surface area contributed by atoms with Gasteiger partial charge in [-0.1, -0.05) is 0 Å². The summed E-state index contributed by atoms with van der Waals surface area (Å²) in [4.78, 5) is 11.8. The fourth-order valence-electron chi connectivity index (χ4n) is 2.16. The summed E-state index contributed by atoms with van der Waals surface area (Å²) in [6.45, 7) is 0.601. The molecular weight excluding hydrogens is 258 g/mol. The Bertz CT molecular complexity index is 483. The first kappa shape index (κ1) is 12.4.